The number of anilines is 2. The molecule has 1 saturated carbocycles. The van der Waals surface area contributed by atoms with Gasteiger partial charge in [0, 0.05) is 44.0 Å². The summed E-state index contributed by atoms with van der Waals surface area (Å²) in [4.78, 5) is 26.2. The highest BCUT2D eigenvalue weighted by atomic mass is 16.1. The fourth-order valence-corrected chi connectivity index (χ4v) is 4.27. The van der Waals surface area contributed by atoms with E-state index in [1.165, 1.54) is 32.1 Å². The van der Waals surface area contributed by atoms with Crippen molar-refractivity contribution in [2.75, 3.05) is 43.4 Å². The lowest BCUT2D eigenvalue weighted by Gasteiger charge is -2.34. The largest absolute Gasteiger partial charge is 0.367 e. The van der Waals surface area contributed by atoms with Crippen molar-refractivity contribution in [3.63, 3.8) is 0 Å². The van der Waals surface area contributed by atoms with E-state index in [2.05, 4.69) is 33.2 Å². The second kappa shape index (κ2) is 8.91. The van der Waals surface area contributed by atoms with Crippen LogP contribution in [0.4, 0.5) is 11.6 Å². The molecule has 2 aliphatic rings. The van der Waals surface area contributed by atoms with E-state index in [-0.39, 0.29) is 5.78 Å². The predicted octanol–water partition coefficient (Wildman–Crippen LogP) is 3.84. The maximum atomic E-state index is 12.2. The number of carbonyl (C=O) groups is 1. The van der Waals surface area contributed by atoms with E-state index in [0.29, 0.717) is 11.6 Å². The summed E-state index contributed by atoms with van der Waals surface area (Å²) in [5, 5.41) is 3.59. The van der Waals surface area contributed by atoms with Gasteiger partial charge in [-0.15, -0.1) is 0 Å². The maximum absolute atomic E-state index is 12.2. The van der Waals surface area contributed by atoms with Crippen LogP contribution in [0.2, 0.25) is 0 Å². The summed E-state index contributed by atoms with van der Waals surface area (Å²) in [7, 11) is 2.13. The van der Waals surface area contributed by atoms with Crippen molar-refractivity contribution < 1.29 is 4.79 Å². The van der Waals surface area contributed by atoms with E-state index in [1.807, 2.05) is 24.4 Å². The number of carbonyl (C=O) groups excluding carboxylic acids is 1. The Kier molecular flexibility index (Phi) is 6.09. The van der Waals surface area contributed by atoms with Crippen LogP contribution in [0.3, 0.4) is 0 Å². The topological polar surface area (TPSA) is 61.4 Å². The third-order valence-corrected chi connectivity index (χ3v) is 6.07. The molecule has 2 aromatic rings. The highest BCUT2D eigenvalue weighted by molar-refractivity contribution is 5.99. The van der Waals surface area contributed by atoms with Crippen molar-refractivity contribution >= 4 is 17.4 Å². The summed E-state index contributed by atoms with van der Waals surface area (Å²) in [6, 6.07) is 8.47. The molecule has 0 radical (unpaired) electrons. The van der Waals surface area contributed by atoms with Crippen LogP contribution in [-0.2, 0) is 0 Å². The van der Waals surface area contributed by atoms with Crippen molar-refractivity contribution in [1.29, 1.82) is 0 Å². The van der Waals surface area contributed by atoms with E-state index >= 15 is 0 Å². The number of Topliss-reactive ketones (excluding diaryl/α,β-unsaturated/α-hetero) is 1. The van der Waals surface area contributed by atoms with Crippen LogP contribution in [0.25, 0.3) is 11.3 Å². The number of pyridine rings is 2. The second-order valence-electron chi connectivity index (χ2n) is 8.32. The molecule has 154 valence electrons. The number of nitrogens with one attached hydrogen (secondary N) is 1. The van der Waals surface area contributed by atoms with Crippen LogP contribution in [0.5, 0.6) is 0 Å². The van der Waals surface area contributed by atoms with Crippen molar-refractivity contribution in [2.24, 2.45) is 0 Å². The Labute approximate surface area is 173 Å². The molecule has 0 amide bonds. The first-order valence-corrected chi connectivity index (χ1v) is 10.8. The van der Waals surface area contributed by atoms with Gasteiger partial charge in [-0.05, 0) is 51.1 Å². The van der Waals surface area contributed by atoms with E-state index < -0.39 is 0 Å². The summed E-state index contributed by atoms with van der Waals surface area (Å²) in [5.74, 6) is 1.78. The fourth-order valence-electron chi connectivity index (χ4n) is 4.27. The fraction of sp³-hybridized carbons (Fsp3) is 0.522. The minimum absolute atomic E-state index is 0.0624. The number of likely N-dealkylation sites (N-methyl/N-ethyl adjacent to an activating group) is 1. The van der Waals surface area contributed by atoms with Gasteiger partial charge >= 0.3 is 0 Å². The highest BCUT2D eigenvalue weighted by Crippen LogP contribution is 2.28. The molecular weight excluding hydrogens is 362 g/mol. The first-order chi connectivity index (χ1) is 14.1. The molecule has 3 heterocycles. The summed E-state index contributed by atoms with van der Waals surface area (Å²) in [6.07, 6.45) is 8.19. The summed E-state index contributed by atoms with van der Waals surface area (Å²) in [5.41, 5.74) is 2.62. The zero-order valence-corrected chi connectivity index (χ0v) is 17.5. The van der Waals surface area contributed by atoms with Crippen molar-refractivity contribution in [3.8, 4) is 11.3 Å². The van der Waals surface area contributed by atoms with Crippen molar-refractivity contribution in [3.05, 3.63) is 36.0 Å². The smallest absolute Gasteiger partial charge is 0.163 e. The third-order valence-electron chi connectivity index (χ3n) is 6.07. The van der Waals surface area contributed by atoms with E-state index in [0.717, 1.165) is 49.1 Å². The van der Waals surface area contributed by atoms with E-state index in [4.69, 9.17) is 4.98 Å². The Morgan fingerprint density at radius 3 is 2.55 bits per heavy atom. The number of hydrogen-bond acceptors (Lipinski definition) is 6. The van der Waals surface area contributed by atoms with Gasteiger partial charge in [0.25, 0.3) is 0 Å². The molecule has 0 spiro atoms. The SMILES string of the molecule is CC(=O)c1ccc(-c2ccnc(NC3CCCCC3)c2)nc1N1CCN(C)CC1. The molecule has 29 heavy (non-hydrogen) atoms. The molecule has 1 aliphatic heterocycles. The summed E-state index contributed by atoms with van der Waals surface area (Å²) >= 11 is 0. The summed E-state index contributed by atoms with van der Waals surface area (Å²) in [6.45, 7) is 5.35. The third kappa shape index (κ3) is 4.75. The number of nitrogens with zero attached hydrogens (tertiary/aromatic N) is 4. The molecule has 0 aromatic carbocycles. The molecule has 2 fully saturated rings. The molecular formula is C23H31N5O. The van der Waals surface area contributed by atoms with Crippen LogP contribution in [0, 0.1) is 0 Å². The van der Waals surface area contributed by atoms with Gasteiger partial charge in [0.2, 0.25) is 0 Å². The van der Waals surface area contributed by atoms with Crippen LogP contribution in [0.1, 0.15) is 49.4 Å². The molecule has 1 saturated heterocycles. The van der Waals surface area contributed by atoms with Crippen LogP contribution >= 0.6 is 0 Å². The normalized spacial score (nSPS) is 18.6. The van der Waals surface area contributed by atoms with Crippen molar-refractivity contribution in [2.45, 2.75) is 45.1 Å². The van der Waals surface area contributed by atoms with Gasteiger partial charge in [-0.2, -0.15) is 0 Å². The first-order valence-electron chi connectivity index (χ1n) is 10.8. The molecule has 1 N–H and O–H groups in total. The van der Waals surface area contributed by atoms with E-state index in [9.17, 15) is 4.79 Å². The molecule has 6 nitrogen and oxygen atoms in total. The molecule has 4 rings (SSSR count). The monoisotopic (exact) mass is 393 g/mol. The van der Waals surface area contributed by atoms with Gasteiger partial charge in [-0.1, -0.05) is 19.3 Å². The number of rotatable bonds is 5. The van der Waals surface area contributed by atoms with Crippen LogP contribution in [0.15, 0.2) is 30.5 Å². The molecule has 0 atom stereocenters. The number of hydrogen-bond donors (Lipinski definition) is 1. The lowest BCUT2D eigenvalue weighted by atomic mass is 9.95. The zero-order valence-electron chi connectivity index (χ0n) is 17.5. The lowest BCUT2D eigenvalue weighted by molar-refractivity contribution is 0.101. The second-order valence-corrected chi connectivity index (χ2v) is 8.32. The highest BCUT2D eigenvalue weighted by Gasteiger charge is 2.21. The number of aromatic nitrogens is 2. The Morgan fingerprint density at radius 2 is 1.83 bits per heavy atom. The van der Waals surface area contributed by atoms with Gasteiger partial charge in [-0.3, -0.25) is 4.79 Å². The van der Waals surface area contributed by atoms with Gasteiger partial charge in [-0.25, -0.2) is 9.97 Å². The van der Waals surface area contributed by atoms with Crippen molar-refractivity contribution in [1.82, 2.24) is 14.9 Å². The molecule has 6 heteroatoms. The predicted molar refractivity (Wildman–Crippen MR) is 118 cm³/mol. The van der Waals surface area contributed by atoms with Crippen LogP contribution in [-0.4, -0.2) is 59.9 Å². The molecule has 0 bridgehead atoms. The summed E-state index contributed by atoms with van der Waals surface area (Å²) < 4.78 is 0. The standard InChI is InChI=1S/C23H31N5O/c1-17(29)20-8-9-21(26-23(20)28-14-12-27(2)13-15-28)18-10-11-24-22(16-18)25-19-6-4-3-5-7-19/h8-11,16,19H,3-7,12-15H2,1-2H3,(H,24,25). The Hall–Kier alpha value is -2.47. The van der Waals surface area contributed by atoms with Gasteiger partial charge in [0.1, 0.15) is 11.6 Å². The maximum Gasteiger partial charge on any atom is 0.163 e. The zero-order chi connectivity index (χ0) is 20.2. The minimum atomic E-state index is 0.0624. The number of piperazine rings is 1. The Bertz CT molecular complexity index is 854. The Balaban J connectivity index is 1.60. The lowest BCUT2D eigenvalue weighted by Crippen LogP contribution is -2.45. The van der Waals surface area contributed by atoms with Crippen LogP contribution < -0.4 is 10.2 Å². The van der Waals surface area contributed by atoms with Gasteiger partial charge in [0.05, 0.1) is 11.3 Å². The average molecular weight is 394 g/mol. The Morgan fingerprint density at radius 1 is 1.07 bits per heavy atom. The average Bonchev–Trinajstić information content (AvgIpc) is 2.75. The van der Waals surface area contributed by atoms with Gasteiger partial charge in [0.15, 0.2) is 5.78 Å². The first kappa shape index (κ1) is 19.8. The van der Waals surface area contributed by atoms with E-state index in [1.54, 1.807) is 6.92 Å². The number of ketones is 1. The molecule has 1 aliphatic carbocycles. The molecule has 0 unspecified atom stereocenters. The quantitative estimate of drug-likeness (QED) is 0.779. The van der Waals surface area contributed by atoms with Gasteiger partial charge < -0.3 is 15.1 Å². The minimum Gasteiger partial charge on any atom is -0.367 e. The molecule has 2 aromatic heterocycles.